The Balaban J connectivity index is 1.35. The van der Waals surface area contributed by atoms with Gasteiger partial charge in [-0.25, -0.2) is 4.39 Å². The molecule has 1 aliphatic rings. The van der Waals surface area contributed by atoms with E-state index in [0.717, 1.165) is 49.8 Å². The second-order valence-electron chi connectivity index (χ2n) is 8.56. The van der Waals surface area contributed by atoms with E-state index < -0.39 is 0 Å². The van der Waals surface area contributed by atoms with E-state index in [9.17, 15) is 9.18 Å². The zero-order valence-electron chi connectivity index (χ0n) is 18.7. The highest BCUT2D eigenvalue weighted by Crippen LogP contribution is 2.29. The molecule has 1 fully saturated rings. The number of unbranched alkanes of at least 4 members (excludes halogenated alkanes) is 5. The fraction of sp³-hybridized carbons (Fsp3) is 0.519. The minimum atomic E-state index is -0.253. The summed E-state index contributed by atoms with van der Waals surface area (Å²) in [5, 5.41) is 0. The fourth-order valence-corrected chi connectivity index (χ4v) is 4.15. The van der Waals surface area contributed by atoms with Crippen LogP contribution in [0.2, 0.25) is 0 Å². The minimum Gasteiger partial charge on any atom is -0.426 e. The summed E-state index contributed by atoms with van der Waals surface area (Å²) in [6, 6.07) is 13.7. The van der Waals surface area contributed by atoms with Crippen LogP contribution < -0.4 is 4.74 Å². The normalized spacial score (nSPS) is 18.6. The molecule has 3 nitrogen and oxygen atoms in total. The van der Waals surface area contributed by atoms with Crippen molar-refractivity contribution in [2.45, 2.75) is 77.2 Å². The van der Waals surface area contributed by atoms with Gasteiger partial charge in [0, 0.05) is 6.61 Å². The Labute approximate surface area is 186 Å². The Kier molecular flexibility index (Phi) is 9.54. The summed E-state index contributed by atoms with van der Waals surface area (Å²) >= 11 is 0. The van der Waals surface area contributed by atoms with Gasteiger partial charge in [-0.2, -0.15) is 0 Å². The van der Waals surface area contributed by atoms with Crippen molar-refractivity contribution in [3.05, 3.63) is 54.3 Å². The van der Waals surface area contributed by atoms with Gasteiger partial charge >= 0.3 is 5.97 Å². The lowest BCUT2D eigenvalue weighted by Gasteiger charge is -2.27. The van der Waals surface area contributed by atoms with Gasteiger partial charge in [0.15, 0.2) is 0 Å². The van der Waals surface area contributed by atoms with Crippen LogP contribution in [0, 0.1) is 11.7 Å². The molecule has 0 N–H and O–H groups in total. The fourth-order valence-electron chi connectivity index (χ4n) is 4.15. The van der Waals surface area contributed by atoms with Crippen molar-refractivity contribution < 1.29 is 18.7 Å². The van der Waals surface area contributed by atoms with Crippen LogP contribution in [0.25, 0.3) is 11.1 Å². The van der Waals surface area contributed by atoms with Crippen molar-refractivity contribution in [1.29, 1.82) is 0 Å². The average molecular weight is 427 g/mol. The lowest BCUT2D eigenvalue weighted by molar-refractivity contribution is -0.141. The van der Waals surface area contributed by atoms with E-state index in [1.165, 1.54) is 44.2 Å². The first-order valence-corrected chi connectivity index (χ1v) is 11.8. The maximum absolute atomic E-state index is 13.1. The largest absolute Gasteiger partial charge is 0.426 e. The highest BCUT2D eigenvalue weighted by atomic mass is 19.1. The molecule has 0 aliphatic heterocycles. The molecular formula is C27H35FO3. The van der Waals surface area contributed by atoms with Gasteiger partial charge in [0.1, 0.15) is 11.6 Å². The summed E-state index contributed by atoms with van der Waals surface area (Å²) < 4.78 is 24.7. The molecule has 31 heavy (non-hydrogen) atoms. The SMILES string of the molecule is CCCCCCCCOC1CCC(C(=O)Oc2ccc(-c3ccc(F)cc3)cc2)CC1. The average Bonchev–Trinajstić information content (AvgIpc) is 2.80. The van der Waals surface area contributed by atoms with Crippen LogP contribution in [-0.2, 0) is 9.53 Å². The van der Waals surface area contributed by atoms with Gasteiger partial charge < -0.3 is 9.47 Å². The quantitative estimate of drug-likeness (QED) is 0.214. The first-order valence-electron chi connectivity index (χ1n) is 11.8. The van der Waals surface area contributed by atoms with E-state index in [0.29, 0.717) is 5.75 Å². The van der Waals surface area contributed by atoms with Gasteiger partial charge in [0.25, 0.3) is 0 Å². The second-order valence-corrected chi connectivity index (χ2v) is 8.56. The highest BCUT2D eigenvalue weighted by Gasteiger charge is 2.28. The molecule has 0 bridgehead atoms. The van der Waals surface area contributed by atoms with Crippen molar-refractivity contribution in [2.75, 3.05) is 6.61 Å². The molecule has 1 saturated carbocycles. The molecule has 4 heteroatoms. The van der Waals surface area contributed by atoms with Crippen LogP contribution >= 0.6 is 0 Å². The molecule has 2 aromatic carbocycles. The Morgan fingerprint density at radius 2 is 1.42 bits per heavy atom. The topological polar surface area (TPSA) is 35.5 Å². The van der Waals surface area contributed by atoms with Crippen LogP contribution in [0.3, 0.4) is 0 Å². The van der Waals surface area contributed by atoms with Crippen molar-refractivity contribution >= 4 is 5.97 Å². The number of carbonyl (C=O) groups is 1. The van der Waals surface area contributed by atoms with E-state index in [-0.39, 0.29) is 23.8 Å². The van der Waals surface area contributed by atoms with Crippen molar-refractivity contribution in [1.82, 2.24) is 0 Å². The van der Waals surface area contributed by atoms with E-state index in [1.54, 1.807) is 24.3 Å². The summed E-state index contributed by atoms with van der Waals surface area (Å²) in [6.07, 6.45) is 11.4. The van der Waals surface area contributed by atoms with Crippen LogP contribution in [0.4, 0.5) is 4.39 Å². The zero-order valence-corrected chi connectivity index (χ0v) is 18.7. The van der Waals surface area contributed by atoms with Gasteiger partial charge in [0.05, 0.1) is 12.0 Å². The predicted molar refractivity (Wildman–Crippen MR) is 123 cm³/mol. The number of halogens is 1. The molecule has 1 aliphatic carbocycles. The number of hydrogen-bond acceptors (Lipinski definition) is 3. The van der Waals surface area contributed by atoms with Crippen LogP contribution in [-0.4, -0.2) is 18.7 Å². The van der Waals surface area contributed by atoms with E-state index in [4.69, 9.17) is 9.47 Å². The number of hydrogen-bond donors (Lipinski definition) is 0. The Hall–Kier alpha value is -2.20. The van der Waals surface area contributed by atoms with Crippen molar-refractivity contribution in [2.24, 2.45) is 5.92 Å². The lowest BCUT2D eigenvalue weighted by atomic mass is 9.87. The number of esters is 1. The lowest BCUT2D eigenvalue weighted by Crippen LogP contribution is -2.29. The summed E-state index contributed by atoms with van der Waals surface area (Å²) in [5.41, 5.74) is 1.89. The van der Waals surface area contributed by atoms with Gasteiger partial charge in [-0.15, -0.1) is 0 Å². The molecule has 0 heterocycles. The van der Waals surface area contributed by atoms with Crippen LogP contribution in [0.5, 0.6) is 5.75 Å². The molecule has 0 radical (unpaired) electrons. The third kappa shape index (κ3) is 7.77. The molecular weight excluding hydrogens is 391 g/mol. The molecule has 0 atom stereocenters. The Morgan fingerprint density at radius 3 is 2.06 bits per heavy atom. The Bertz CT molecular complexity index is 777. The summed E-state index contributed by atoms with van der Waals surface area (Å²) in [7, 11) is 0. The number of rotatable bonds is 11. The van der Waals surface area contributed by atoms with E-state index >= 15 is 0 Å². The third-order valence-electron chi connectivity index (χ3n) is 6.11. The zero-order chi connectivity index (χ0) is 21.9. The van der Waals surface area contributed by atoms with Gasteiger partial charge in [0.2, 0.25) is 0 Å². The summed E-state index contributed by atoms with van der Waals surface area (Å²) in [4.78, 5) is 12.5. The smallest absolute Gasteiger partial charge is 0.314 e. The van der Waals surface area contributed by atoms with E-state index in [2.05, 4.69) is 6.92 Å². The molecule has 2 aromatic rings. The van der Waals surface area contributed by atoms with Crippen LogP contribution in [0.15, 0.2) is 48.5 Å². The van der Waals surface area contributed by atoms with Gasteiger partial charge in [-0.3, -0.25) is 4.79 Å². The number of ether oxygens (including phenoxy) is 2. The Morgan fingerprint density at radius 1 is 0.839 bits per heavy atom. The standard InChI is InChI=1S/C27H35FO3/c1-2-3-4-5-6-7-20-30-25-16-12-23(13-17-25)27(29)31-26-18-10-22(11-19-26)21-8-14-24(28)15-9-21/h8-11,14-15,18-19,23,25H,2-7,12-13,16-17,20H2,1H3. The summed E-state index contributed by atoms with van der Waals surface area (Å²) in [5.74, 6) is 0.101. The number of carbonyl (C=O) groups excluding carboxylic acids is 1. The highest BCUT2D eigenvalue weighted by molar-refractivity contribution is 5.75. The van der Waals surface area contributed by atoms with Crippen molar-refractivity contribution in [3.63, 3.8) is 0 Å². The molecule has 0 amide bonds. The maximum atomic E-state index is 13.1. The third-order valence-corrected chi connectivity index (χ3v) is 6.11. The molecule has 0 unspecified atom stereocenters. The maximum Gasteiger partial charge on any atom is 0.314 e. The van der Waals surface area contributed by atoms with Gasteiger partial charge in [-0.05, 0) is 67.5 Å². The molecule has 3 rings (SSSR count). The first-order chi connectivity index (χ1) is 15.2. The summed E-state index contributed by atoms with van der Waals surface area (Å²) in [6.45, 7) is 3.08. The molecule has 0 aromatic heterocycles. The van der Waals surface area contributed by atoms with Crippen LogP contribution in [0.1, 0.15) is 71.1 Å². The monoisotopic (exact) mass is 426 g/mol. The van der Waals surface area contributed by atoms with E-state index in [1.807, 2.05) is 12.1 Å². The predicted octanol–water partition coefficient (Wildman–Crippen LogP) is 7.33. The van der Waals surface area contributed by atoms with Crippen molar-refractivity contribution in [3.8, 4) is 16.9 Å². The molecule has 168 valence electrons. The minimum absolute atomic E-state index is 0.0503. The second kappa shape index (κ2) is 12.6. The number of benzene rings is 2. The van der Waals surface area contributed by atoms with Gasteiger partial charge in [-0.1, -0.05) is 63.3 Å². The molecule has 0 saturated heterocycles. The molecule has 0 spiro atoms. The first kappa shape index (κ1) is 23.5.